The van der Waals surface area contributed by atoms with E-state index in [0.29, 0.717) is 22.9 Å². The first-order valence-corrected chi connectivity index (χ1v) is 10.3. The number of carbonyl (C=O) groups is 2. The highest BCUT2D eigenvalue weighted by Gasteiger charge is 2.59. The fourth-order valence-electron chi connectivity index (χ4n) is 4.18. The number of aryl methyl sites for hydroxylation is 2. The number of hydrogen-bond donors (Lipinski definition) is 1. The van der Waals surface area contributed by atoms with E-state index in [0.717, 1.165) is 36.1 Å². The predicted molar refractivity (Wildman–Crippen MR) is 119 cm³/mol. The lowest BCUT2D eigenvalue weighted by molar-refractivity contribution is -0.137. The average Bonchev–Trinajstić information content (AvgIpc) is 2.93. The second-order valence-corrected chi connectivity index (χ2v) is 8.15. The molecular weight excluding hydrogens is 398 g/mol. The highest BCUT2D eigenvalue weighted by Crippen LogP contribution is 2.48. The van der Waals surface area contributed by atoms with Crippen molar-refractivity contribution in [3.05, 3.63) is 65.0 Å². The molecule has 6 nitrogen and oxygen atoms in total. The van der Waals surface area contributed by atoms with Gasteiger partial charge in [0.2, 0.25) is 0 Å². The summed E-state index contributed by atoms with van der Waals surface area (Å²) in [6.07, 6.45) is 2.98. The number of anilines is 2. The number of carboxylic acid groups (broad SMARTS) is 1. The maximum atomic E-state index is 13.5. The third-order valence-corrected chi connectivity index (χ3v) is 6.34. The van der Waals surface area contributed by atoms with Crippen LogP contribution < -0.4 is 9.80 Å². The van der Waals surface area contributed by atoms with Gasteiger partial charge in [-0.1, -0.05) is 18.2 Å². The van der Waals surface area contributed by atoms with Gasteiger partial charge in [0, 0.05) is 17.8 Å². The van der Waals surface area contributed by atoms with Gasteiger partial charge in [0.1, 0.15) is 5.54 Å². The minimum Gasteiger partial charge on any atom is -0.481 e. The van der Waals surface area contributed by atoms with Gasteiger partial charge in [-0.25, -0.2) is 4.85 Å². The number of hydrogen-bond acceptors (Lipinski definition) is 3. The Bertz CT molecular complexity index is 1080. The standard InChI is InChI=1S/C23H21N3O3S/c1-15-14-18(9-10-19(15)24-2)25-21(29)23(12-3-13-23)26(22(25)30)17-7-4-16(5-8-17)6-11-20(27)28/h4-5,7-10,14H,3,6,11-13H2,1H3,(H,27,28). The zero-order valence-corrected chi connectivity index (χ0v) is 17.4. The molecule has 2 fully saturated rings. The van der Waals surface area contributed by atoms with Crippen molar-refractivity contribution in [3.63, 3.8) is 0 Å². The summed E-state index contributed by atoms with van der Waals surface area (Å²) in [4.78, 5) is 31.3. The van der Waals surface area contributed by atoms with Crippen LogP contribution in [0.2, 0.25) is 0 Å². The molecule has 4 rings (SSSR count). The number of benzene rings is 2. The summed E-state index contributed by atoms with van der Waals surface area (Å²) in [5.41, 5.74) is 3.16. The van der Waals surface area contributed by atoms with Crippen molar-refractivity contribution in [1.82, 2.24) is 0 Å². The van der Waals surface area contributed by atoms with E-state index < -0.39 is 11.5 Å². The largest absolute Gasteiger partial charge is 0.481 e. The van der Waals surface area contributed by atoms with Crippen molar-refractivity contribution in [2.45, 2.75) is 44.6 Å². The van der Waals surface area contributed by atoms with Crippen LogP contribution in [0.5, 0.6) is 0 Å². The zero-order valence-electron chi connectivity index (χ0n) is 16.6. The molecule has 1 N–H and O–H groups in total. The molecule has 152 valence electrons. The minimum absolute atomic E-state index is 0.0244. The van der Waals surface area contributed by atoms with E-state index >= 15 is 0 Å². The molecule has 1 amide bonds. The molecule has 0 unspecified atom stereocenters. The summed E-state index contributed by atoms with van der Waals surface area (Å²) in [6.45, 7) is 9.09. The van der Waals surface area contributed by atoms with Gasteiger partial charge in [-0.2, -0.15) is 0 Å². The Kier molecular flexibility index (Phi) is 5.04. The maximum absolute atomic E-state index is 13.5. The lowest BCUT2D eigenvalue weighted by Crippen LogP contribution is -2.55. The van der Waals surface area contributed by atoms with Gasteiger partial charge in [-0.05, 0) is 80.2 Å². The number of aliphatic carboxylic acids is 1. The van der Waals surface area contributed by atoms with Crippen LogP contribution in [0.1, 0.15) is 36.8 Å². The lowest BCUT2D eigenvalue weighted by Gasteiger charge is -2.43. The highest BCUT2D eigenvalue weighted by molar-refractivity contribution is 7.81. The van der Waals surface area contributed by atoms with Crippen LogP contribution in [-0.2, 0) is 16.0 Å². The fraction of sp³-hybridized carbons (Fsp3) is 0.304. The molecule has 1 spiro atoms. The third-order valence-electron chi connectivity index (χ3n) is 5.97. The smallest absolute Gasteiger partial charge is 0.303 e. The van der Waals surface area contributed by atoms with Crippen molar-refractivity contribution in [2.75, 3.05) is 9.80 Å². The summed E-state index contributed by atoms with van der Waals surface area (Å²) in [5, 5.41) is 9.32. The van der Waals surface area contributed by atoms with Gasteiger partial charge < -0.3 is 10.0 Å². The first-order chi connectivity index (χ1) is 14.4. The van der Waals surface area contributed by atoms with E-state index in [4.69, 9.17) is 23.9 Å². The highest BCUT2D eigenvalue weighted by atomic mass is 32.1. The number of carboxylic acids is 1. The SMILES string of the molecule is [C-]#[N+]c1ccc(N2C(=O)C3(CCC3)N(c3ccc(CCC(=O)O)cc3)C2=S)cc1C. The number of carbonyl (C=O) groups excluding carboxylic acids is 1. The first-order valence-electron chi connectivity index (χ1n) is 9.85. The number of amides is 1. The Labute approximate surface area is 180 Å². The second-order valence-electron chi connectivity index (χ2n) is 7.79. The molecule has 2 aliphatic rings. The van der Waals surface area contributed by atoms with E-state index in [9.17, 15) is 9.59 Å². The van der Waals surface area contributed by atoms with Crippen molar-refractivity contribution in [1.29, 1.82) is 0 Å². The molecule has 1 heterocycles. The number of nitrogens with zero attached hydrogens (tertiary/aromatic N) is 3. The van der Waals surface area contributed by atoms with Gasteiger partial charge in [0.15, 0.2) is 10.8 Å². The molecule has 0 atom stereocenters. The van der Waals surface area contributed by atoms with Crippen LogP contribution in [0.25, 0.3) is 4.85 Å². The van der Waals surface area contributed by atoms with Crippen LogP contribution in [0, 0.1) is 13.5 Å². The molecule has 7 heteroatoms. The Morgan fingerprint density at radius 3 is 2.40 bits per heavy atom. The van der Waals surface area contributed by atoms with E-state index in [1.165, 1.54) is 0 Å². The van der Waals surface area contributed by atoms with Gasteiger partial charge in [-0.15, -0.1) is 0 Å². The summed E-state index contributed by atoms with van der Waals surface area (Å²) in [6, 6.07) is 12.9. The van der Waals surface area contributed by atoms with Crippen LogP contribution >= 0.6 is 12.2 Å². The fourth-order valence-corrected chi connectivity index (χ4v) is 4.64. The van der Waals surface area contributed by atoms with Crippen LogP contribution in [0.3, 0.4) is 0 Å². The number of thiocarbonyl (C=S) groups is 1. The Hall–Kier alpha value is -3.24. The quantitative estimate of drug-likeness (QED) is 0.566. The summed E-state index contributed by atoms with van der Waals surface area (Å²) >= 11 is 5.77. The molecule has 1 aliphatic carbocycles. The Balaban J connectivity index is 1.68. The minimum atomic E-state index is -0.825. The number of rotatable bonds is 5. The molecule has 30 heavy (non-hydrogen) atoms. The van der Waals surface area contributed by atoms with Crippen molar-refractivity contribution in [3.8, 4) is 0 Å². The third kappa shape index (κ3) is 3.14. The van der Waals surface area contributed by atoms with Crippen molar-refractivity contribution >= 4 is 46.3 Å². The molecule has 0 aromatic heterocycles. The Morgan fingerprint density at radius 1 is 1.20 bits per heavy atom. The predicted octanol–water partition coefficient (Wildman–Crippen LogP) is 4.62. The van der Waals surface area contributed by atoms with E-state index in [2.05, 4.69) is 4.85 Å². The van der Waals surface area contributed by atoms with Crippen LogP contribution in [0.4, 0.5) is 17.1 Å². The molecule has 1 saturated carbocycles. The summed E-state index contributed by atoms with van der Waals surface area (Å²) in [5.74, 6) is -0.849. The van der Waals surface area contributed by atoms with Gasteiger partial charge in [-0.3, -0.25) is 14.5 Å². The van der Waals surface area contributed by atoms with Crippen LogP contribution in [0.15, 0.2) is 42.5 Å². The van der Waals surface area contributed by atoms with Gasteiger partial charge in [0.25, 0.3) is 5.91 Å². The maximum Gasteiger partial charge on any atom is 0.303 e. The molecule has 0 bridgehead atoms. The first kappa shape index (κ1) is 20.0. The molecule has 2 aromatic rings. The molecular formula is C23H21N3O3S. The summed E-state index contributed by atoms with van der Waals surface area (Å²) < 4.78 is 0. The summed E-state index contributed by atoms with van der Waals surface area (Å²) in [7, 11) is 0. The topological polar surface area (TPSA) is 65.2 Å². The van der Waals surface area contributed by atoms with Crippen molar-refractivity contribution < 1.29 is 14.7 Å². The van der Waals surface area contributed by atoms with E-state index in [1.54, 1.807) is 17.0 Å². The van der Waals surface area contributed by atoms with Crippen molar-refractivity contribution in [2.24, 2.45) is 0 Å². The monoisotopic (exact) mass is 419 g/mol. The van der Waals surface area contributed by atoms with E-state index in [-0.39, 0.29) is 12.3 Å². The lowest BCUT2D eigenvalue weighted by atomic mass is 9.75. The average molecular weight is 420 g/mol. The van der Waals surface area contributed by atoms with Gasteiger partial charge >= 0.3 is 5.97 Å². The van der Waals surface area contributed by atoms with Gasteiger partial charge in [0.05, 0.1) is 6.57 Å². The molecule has 1 saturated heterocycles. The second kappa shape index (κ2) is 7.54. The van der Waals surface area contributed by atoms with Crippen LogP contribution in [-0.4, -0.2) is 27.6 Å². The zero-order chi connectivity index (χ0) is 21.5. The molecule has 0 radical (unpaired) electrons. The van der Waals surface area contributed by atoms with E-state index in [1.807, 2.05) is 42.2 Å². The molecule has 1 aliphatic heterocycles. The normalized spacial score (nSPS) is 17.2. The molecule has 2 aromatic carbocycles. The Morgan fingerprint density at radius 2 is 1.87 bits per heavy atom.